The minimum atomic E-state index is -0.0553. The number of H-pyrrole nitrogens is 1. The van der Waals surface area contributed by atoms with Gasteiger partial charge >= 0.3 is 0 Å². The van der Waals surface area contributed by atoms with E-state index in [4.69, 9.17) is 0 Å². The SMILES string of the molecule is CCCc1nc2ccc(C(C)C)cc2[nH]c1=O. The number of rotatable bonds is 3. The molecule has 1 heterocycles. The quantitative estimate of drug-likeness (QED) is 0.881. The van der Waals surface area contributed by atoms with Crippen LogP contribution in [0.4, 0.5) is 0 Å². The third kappa shape index (κ3) is 2.38. The van der Waals surface area contributed by atoms with E-state index in [0.717, 1.165) is 23.9 Å². The van der Waals surface area contributed by atoms with E-state index < -0.39 is 0 Å². The zero-order chi connectivity index (χ0) is 12.4. The Kier molecular flexibility index (Phi) is 3.27. The van der Waals surface area contributed by atoms with Crippen LogP contribution in [0, 0.1) is 0 Å². The Labute approximate surface area is 101 Å². The van der Waals surface area contributed by atoms with Crippen molar-refractivity contribution < 1.29 is 0 Å². The third-order valence-electron chi connectivity index (χ3n) is 2.94. The predicted octanol–water partition coefficient (Wildman–Crippen LogP) is 3.00. The van der Waals surface area contributed by atoms with Gasteiger partial charge in [0.15, 0.2) is 0 Å². The van der Waals surface area contributed by atoms with Crippen LogP contribution in [-0.4, -0.2) is 9.97 Å². The normalized spacial score (nSPS) is 11.3. The lowest BCUT2D eigenvalue weighted by atomic mass is 10.0. The lowest BCUT2D eigenvalue weighted by Gasteiger charge is -2.07. The van der Waals surface area contributed by atoms with Gasteiger partial charge in [-0.2, -0.15) is 0 Å². The number of aromatic amines is 1. The van der Waals surface area contributed by atoms with Crippen LogP contribution in [0.5, 0.6) is 0 Å². The molecule has 3 heteroatoms. The highest BCUT2D eigenvalue weighted by molar-refractivity contribution is 5.74. The van der Waals surface area contributed by atoms with Gasteiger partial charge in [0.05, 0.1) is 11.0 Å². The molecule has 0 amide bonds. The molecule has 0 saturated carbocycles. The largest absolute Gasteiger partial charge is 0.319 e. The summed E-state index contributed by atoms with van der Waals surface area (Å²) in [7, 11) is 0. The molecular formula is C14H18N2O. The maximum atomic E-state index is 11.8. The van der Waals surface area contributed by atoms with Crippen LogP contribution in [0.25, 0.3) is 11.0 Å². The van der Waals surface area contributed by atoms with Gasteiger partial charge < -0.3 is 4.98 Å². The van der Waals surface area contributed by atoms with E-state index in [1.54, 1.807) is 0 Å². The third-order valence-corrected chi connectivity index (χ3v) is 2.94. The van der Waals surface area contributed by atoms with Gasteiger partial charge in [-0.25, -0.2) is 4.98 Å². The van der Waals surface area contributed by atoms with Crippen LogP contribution >= 0.6 is 0 Å². The molecule has 90 valence electrons. The lowest BCUT2D eigenvalue weighted by Crippen LogP contribution is -2.15. The fraction of sp³-hybridized carbons (Fsp3) is 0.429. The summed E-state index contributed by atoms with van der Waals surface area (Å²) in [6, 6.07) is 6.08. The van der Waals surface area contributed by atoms with E-state index in [0.29, 0.717) is 11.6 Å². The number of hydrogen-bond acceptors (Lipinski definition) is 2. The molecule has 0 radical (unpaired) electrons. The first-order valence-electron chi connectivity index (χ1n) is 6.14. The minimum Gasteiger partial charge on any atom is -0.319 e. The highest BCUT2D eigenvalue weighted by Crippen LogP contribution is 2.18. The average molecular weight is 230 g/mol. The van der Waals surface area contributed by atoms with Crippen molar-refractivity contribution >= 4 is 11.0 Å². The Morgan fingerprint density at radius 1 is 1.35 bits per heavy atom. The van der Waals surface area contributed by atoms with Crippen LogP contribution in [0.3, 0.4) is 0 Å². The lowest BCUT2D eigenvalue weighted by molar-refractivity contribution is 0.859. The average Bonchev–Trinajstić information content (AvgIpc) is 2.29. The van der Waals surface area contributed by atoms with E-state index in [9.17, 15) is 4.79 Å². The summed E-state index contributed by atoms with van der Waals surface area (Å²) < 4.78 is 0. The molecule has 0 aliphatic heterocycles. The Hall–Kier alpha value is -1.64. The number of nitrogens with zero attached hydrogens (tertiary/aromatic N) is 1. The van der Waals surface area contributed by atoms with Crippen molar-refractivity contribution in [2.75, 3.05) is 0 Å². The second kappa shape index (κ2) is 4.70. The molecule has 0 unspecified atom stereocenters. The predicted molar refractivity (Wildman–Crippen MR) is 70.4 cm³/mol. The van der Waals surface area contributed by atoms with Gasteiger partial charge in [0.2, 0.25) is 0 Å². The van der Waals surface area contributed by atoms with E-state index >= 15 is 0 Å². The maximum absolute atomic E-state index is 11.8. The topological polar surface area (TPSA) is 45.8 Å². The first kappa shape index (κ1) is 11.8. The molecule has 0 saturated heterocycles. The monoisotopic (exact) mass is 230 g/mol. The van der Waals surface area contributed by atoms with Gasteiger partial charge in [-0.3, -0.25) is 4.79 Å². The smallest absolute Gasteiger partial charge is 0.270 e. The number of fused-ring (bicyclic) bond motifs is 1. The zero-order valence-electron chi connectivity index (χ0n) is 10.6. The Bertz CT molecular complexity index is 584. The summed E-state index contributed by atoms with van der Waals surface area (Å²) in [5, 5.41) is 0. The first-order valence-corrected chi connectivity index (χ1v) is 6.14. The molecule has 1 N–H and O–H groups in total. The second-order valence-corrected chi connectivity index (χ2v) is 4.69. The van der Waals surface area contributed by atoms with Crippen molar-refractivity contribution in [3.05, 3.63) is 39.8 Å². The van der Waals surface area contributed by atoms with Gasteiger partial charge in [-0.15, -0.1) is 0 Å². The van der Waals surface area contributed by atoms with Crippen LogP contribution in [0.15, 0.2) is 23.0 Å². The molecule has 1 aromatic carbocycles. The van der Waals surface area contributed by atoms with Crippen LogP contribution in [-0.2, 0) is 6.42 Å². The van der Waals surface area contributed by atoms with Crippen molar-refractivity contribution in [1.82, 2.24) is 9.97 Å². The van der Waals surface area contributed by atoms with Crippen LogP contribution in [0.1, 0.15) is 44.4 Å². The molecular weight excluding hydrogens is 212 g/mol. The van der Waals surface area contributed by atoms with Crippen molar-refractivity contribution in [3.8, 4) is 0 Å². The van der Waals surface area contributed by atoms with E-state index in [2.05, 4.69) is 29.9 Å². The van der Waals surface area contributed by atoms with Gasteiger partial charge in [0.25, 0.3) is 5.56 Å². The number of hydrogen-bond donors (Lipinski definition) is 1. The summed E-state index contributed by atoms with van der Waals surface area (Å²) in [4.78, 5) is 19.1. The van der Waals surface area contributed by atoms with Gasteiger partial charge in [0.1, 0.15) is 5.69 Å². The fourth-order valence-corrected chi connectivity index (χ4v) is 1.91. The molecule has 0 bridgehead atoms. The Morgan fingerprint density at radius 3 is 2.76 bits per heavy atom. The van der Waals surface area contributed by atoms with Crippen LogP contribution < -0.4 is 5.56 Å². The van der Waals surface area contributed by atoms with E-state index in [1.165, 1.54) is 5.56 Å². The number of aromatic nitrogens is 2. The van der Waals surface area contributed by atoms with Crippen molar-refractivity contribution in [2.24, 2.45) is 0 Å². The van der Waals surface area contributed by atoms with Gasteiger partial charge in [0, 0.05) is 0 Å². The fourth-order valence-electron chi connectivity index (χ4n) is 1.91. The number of aryl methyl sites for hydroxylation is 1. The minimum absolute atomic E-state index is 0.0553. The summed E-state index contributed by atoms with van der Waals surface area (Å²) in [5.41, 5.74) is 3.51. The van der Waals surface area contributed by atoms with E-state index in [-0.39, 0.29) is 5.56 Å². The summed E-state index contributed by atoms with van der Waals surface area (Å²) in [6.45, 7) is 6.32. The Balaban J connectivity index is 2.58. The Morgan fingerprint density at radius 2 is 2.12 bits per heavy atom. The first-order chi connectivity index (χ1) is 8.11. The summed E-state index contributed by atoms with van der Waals surface area (Å²) in [5.74, 6) is 0.457. The van der Waals surface area contributed by atoms with E-state index in [1.807, 2.05) is 19.1 Å². The molecule has 0 spiro atoms. The molecule has 1 aromatic heterocycles. The number of nitrogens with one attached hydrogen (secondary N) is 1. The standard InChI is InChI=1S/C14H18N2O/c1-4-5-12-14(17)16-13-8-10(9(2)3)6-7-11(13)15-12/h6-9H,4-5H2,1-3H3,(H,16,17). The zero-order valence-corrected chi connectivity index (χ0v) is 10.6. The number of benzene rings is 1. The molecule has 2 rings (SSSR count). The molecule has 3 nitrogen and oxygen atoms in total. The van der Waals surface area contributed by atoms with Crippen LogP contribution in [0.2, 0.25) is 0 Å². The highest BCUT2D eigenvalue weighted by Gasteiger charge is 2.06. The maximum Gasteiger partial charge on any atom is 0.270 e. The highest BCUT2D eigenvalue weighted by atomic mass is 16.1. The van der Waals surface area contributed by atoms with Gasteiger partial charge in [-0.1, -0.05) is 33.3 Å². The van der Waals surface area contributed by atoms with Crippen molar-refractivity contribution in [2.45, 2.75) is 39.5 Å². The second-order valence-electron chi connectivity index (χ2n) is 4.69. The molecule has 0 aliphatic rings. The molecule has 17 heavy (non-hydrogen) atoms. The van der Waals surface area contributed by atoms with Crippen molar-refractivity contribution in [1.29, 1.82) is 0 Å². The molecule has 2 aromatic rings. The molecule has 0 atom stereocenters. The molecule has 0 aliphatic carbocycles. The summed E-state index contributed by atoms with van der Waals surface area (Å²) in [6.07, 6.45) is 1.67. The summed E-state index contributed by atoms with van der Waals surface area (Å²) >= 11 is 0. The van der Waals surface area contributed by atoms with Gasteiger partial charge in [-0.05, 0) is 30.0 Å². The molecule has 0 fully saturated rings. The van der Waals surface area contributed by atoms with Crippen molar-refractivity contribution in [3.63, 3.8) is 0 Å².